The lowest BCUT2D eigenvalue weighted by Crippen LogP contribution is -2.15. The fourth-order valence-corrected chi connectivity index (χ4v) is 3.04. The van der Waals surface area contributed by atoms with Crippen molar-refractivity contribution in [2.24, 2.45) is 17.8 Å². The first-order valence-electron chi connectivity index (χ1n) is 6.29. The first kappa shape index (κ1) is 12.1. The lowest BCUT2D eigenvalue weighted by atomic mass is 10.1. The van der Waals surface area contributed by atoms with Crippen LogP contribution >= 0.6 is 11.3 Å². The Kier molecular flexibility index (Phi) is 3.98. The largest absolute Gasteiger partial charge is 0.312 e. The zero-order valence-electron chi connectivity index (χ0n) is 10.5. The van der Waals surface area contributed by atoms with E-state index in [1.165, 1.54) is 22.9 Å². The van der Waals surface area contributed by atoms with Gasteiger partial charge in [-0.3, -0.25) is 0 Å². The van der Waals surface area contributed by atoms with E-state index in [2.05, 4.69) is 31.1 Å². The molecule has 1 saturated carbocycles. The topological polar surface area (TPSA) is 24.9 Å². The Balaban J connectivity index is 1.70. The monoisotopic (exact) mass is 238 g/mol. The van der Waals surface area contributed by atoms with Crippen molar-refractivity contribution >= 4 is 11.3 Å². The Morgan fingerprint density at radius 3 is 2.94 bits per heavy atom. The van der Waals surface area contributed by atoms with Crippen LogP contribution in [-0.4, -0.2) is 11.5 Å². The molecule has 2 unspecified atom stereocenters. The second-order valence-electron chi connectivity index (χ2n) is 5.42. The number of hydrogen-bond donors (Lipinski definition) is 1. The zero-order chi connectivity index (χ0) is 11.5. The van der Waals surface area contributed by atoms with E-state index in [4.69, 9.17) is 0 Å². The molecule has 0 bridgehead atoms. The summed E-state index contributed by atoms with van der Waals surface area (Å²) in [5.41, 5.74) is 0. The van der Waals surface area contributed by atoms with Crippen LogP contribution in [0.15, 0.2) is 6.20 Å². The molecule has 0 aliphatic heterocycles. The molecule has 1 aromatic heterocycles. The second-order valence-corrected chi connectivity index (χ2v) is 6.62. The van der Waals surface area contributed by atoms with Crippen LogP contribution in [0, 0.1) is 17.8 Å². The van der Waals surface area contributed by atoms with Gasteiger partial charge in [0.2, 0.25) is 0 Å². The van der Waals surface area contributed by atoms with E-state index in [1.807, 2.05) is 17.5 Å². The number of thiazole rings is 1. The summed E-state index contributed by atoms with van der Waals surface area (Å²) in [6.45, 7) is 9.00. The molecule has 0 radical (unpaired) electrons. The van der Waals surface area contributed by atoms with Gasteiger partial charge in [0, 0.05) is 24.0 Å². The zero-order valence-corrected chi connectivity index (χ0v) is 11.3. The molecular weight excluding hydrogens is 216 g/mol. The Morgan fingerprint density at radius 1 is 1.56 bits per heavy atom. The van der Waals surface area contributed by atoms with Crippen LogP contribution in [0.25, 0.3) is 0 Å². The van der Waals surface area contributed by atoms with Gasteiger partial charge >= 0.3 is 0 Å². The molecule has 1 fully saturated rings. The summed E-state index contributed by atoms with van der Waals surface area (Å²) in [6, 6.07) is 0. The van der Waals surface area contributed by atoms with Gasteiger partial charge in [-0.25, -0.2) is 4.98 Å². The van der Waals surface area contributed by atoms with E-state index in [-0.39, 0.29) is 0 Å². The highest BCUT2D eigenvalue weighted by atomic mass is 32.1. The first-order chi connectivity index (χ1) is 7.65. The van der Waals surface area contributed by atoms with Gasteiger partial charge in [-0.15, -0.1) is 11.3 Å². The summed E-state index contributed by atoms with van der Waals surface area (Å²) in [7, 11) is 0. The van der Waals surface area contributed by atoms with E-state index in [1.54, 1.807) is 0 Å². The van der Waals surface area contributed by atoms with Crippen LogP contribution in [0.1, 0.15) is 37.1 Å². The van der Waals surface area contributed by atoms with Gasteiger partial charge in [-0.2, -0.15) is 0 Å². The highest BCUT2D eigenvalue weighted by molar-refractivity contribution is 7.11. The number of aromatic nitrogens is 1. The second kappa shape index (κ2) is 5.28. The lowest BCUT2D eigenvalue weighted by Gasteiger charge is -2.01. The molecule has 3 heteroatoms. The Morgan fingerprint density at radius 2 is 2.31 bits per heavy atom. The summed E-state index contributed by atoms with van der Waals surface area (Å²) in [4.78, 5) is 5.84. The maximum atomic E-state index is 4.46. The van der Waals surface area contributed by atoms with Gasteiger partial charge in [0.15, 0.2) is 0 Å². The molecule has 1 aromatic rings. The molecule has 16 heavy (non-hydrogen) atoms. The van der Waals surface area contributed by atoms with E-state index in [0.29, 0.717) is 5.92 Å². The predicted molar refractivity (Wildman–Crippen MR) is 69.6 cm³/mol. The van der Waals surface area contributed by atoms with Crippen LogP contribution in [0.4, 0.5) is 0 Å². The molecular formula is C13H22N2S. The fourth-order valence-electron chi connectivity index (χ4n) is 1.94. The molecule has 0 saturated heterocycles. The molecule has 1 heterocycles. The lowest BCUT2D eigenvalue weighted by molar-refractivity contribution is 0.615. The molecule has 0 spiro atoms. The maximum Gasteiger partial charge on any atom is 0.0930 e. The van der Waals surface area contributed by atoms with Crippen LogP contribution in [0.2, 0.25) is 0 Å². The number of hydrogen-bond acceptors (Lipinski definition) is 3. The van der Waals surface area contributed by atoms with Crippen molar-refractivity contribution in [3.05, 3.63) is 16.1 Å². The first-order valence-corrected chi connectivity index (χ1v) is 7.11. The van der Waals surface area contributed by atoms with Crippen LogP contribution in [0.5, 0.6) is 0 Å². The molecule has 1 aliphatic carbocycles. The normalized spacial score (nSPS) is 24.0. The minimum absolute atomic E-state index is 0.708. The standard InChI is InChI=1S/C13H22N2S/c1-9(2)4-13-15-8-12(16-13)7-14-6-11-5-10(11)3/h8-11,14H,4-7H2,1-3H3. The third kappa shape index (κ3) is 3.56. The van der Waals surface area contributed by atoms with E-state index in [0.717, 1.165) is 24.8 Å². The minimum Gasteiger partial charge on any atom is -0.312 e. The van der Waals surface area contributed by atoms with Crippen molar-refractivity contribution in [2.45, 2.75) is 40.2 Å². The fraction of sp³-hybridized carbons (Fsp3) is 0.769. The molecule has 2 nitrogen and oxygen atoms in total. The summed E-state index contributed by atoms with van der Waals surface area (Å²) in [5, 5.41) is 4.81. The maximum absolute atomic E-state index is 4.46. The molecule has 2 atom stereocenters. The molecule has 0 amide bonds. The summed E-state index contributed by atoms with van der Waals surface area (Å²) in [5.74, 6) is 2.59. The molecule has 2 rings (SSSR count). The third-order valence-corrected chi connectivity index (χ3v) is 4.19. The molecule has 0 aromatic carbocycles. The van der Waals surface area contributed by atoms with Gasteiger partial charge in [-0.1, -0.05) is 20.8 Å². The SMILES string of the molecule is CC(C)Cc1ncc(CNCC2CC2C)s1. The van der Waals surface area contributed by atoms with Crippen molar-refractivity contribution in [1.82, 2.24) is 10.3 Å². The average molecular weight is 238 g/mol. The molecule has 90 valence electrons. The molecule has 1 aliphatic rings. The van der Waals surface area contributed by atoms with Crippen molar-refractivity contribution in [3.8, 4) is 0 Å². The number of nitrogens with zero attached hydrogens (tertiary/aromatic N) is 1. The minimum atomic E-state index is 0.708. The highest BCUT2D eigenvalue weighted by Crippen LogP contribution is 2.36. The Hall–Kier alpha value is -0.410. The third-order valence-electron chi connectivity index (χ3n) is 3.17. The summed E-state index contributed by atoms with van der Waals surface area (Å²) in [6.07, 6.45) is 4.56. The van der Waals surface area contributed by atoms with Crippen LogP contribution < -0.4 is 5.32 Å². The smallest absolute Gasteiger partial charge is 0.0930 e. The van der Waals surface area contributed by atoms with Crippen molar-refractivity contribution < 1.29 is 0 Å². The van der Waals surface area contributed by atoms with E-state index < -0.39 is 0 Å². The number of nitrogens with one attached hydrogen (secondary N) is 1. The van der Waals surface area contributed by atoms with Crippen LogP contribution in [0.3, 0.4) is 0 Å². The molecule has 1 N–H and O–H groups in total. The Labute approximate surface area is 102 Å². The van der Waals surface area contributed by atoms with Gasteiger partial charge in [0.05, 0.1) is 5.01 Å². The average Bonchev–Trinajstić information content (AvgIpc) is 2.73. The van der Waals surface area contributed by atoms with Crippen molar-refractivity contribution in [2.75, 3.05) is 6.54 Å². The van der Waals surface area contributed by atoms with Gasteiger partial charge < -0.3 is 5.32 Å². The van der Waals surface area contributed by atoms with Crippen molar-refractivity contribution in [3.63, 3.8) is 0 Å². The Bertz CT molecular complexity index is 332. The summed E-state index contributed by atoms with van der Waals surface area (Å²) < 4.78 is 0. The van der Waals surface area contributed by atoms with Gasteiger partial charge in [-0.05, 0) is 30.7 Å². The summed E-state index contributed by atoms with van der Waals surface area (Å²) >= 11 is 1.86. The van der Waals surface area contributed by atoms with Gasteiger partial charge in [0.25, 0.3) is 0 Å². The highest BCUT2D eigenvalue weighted by Gasteiger charge is 2.31. The number of rotatable bonds is 6. The van der Waals surface area contributed by atoms with Crippen LogP contribution in [-0.2, 0) is 13.0 Å². The van der Waals surface area contributed by atoms with Crippen molar-refractivity contribution in [1.29, 1.82) is 0 Å². The van der Waals surface area contributed by atoms with E-state index in [9.17, 15) is 0 Å². The quantitative estimate of drug-likeness (QED) is 0.824. The van der Waals surface area contributed by atoms with Gasteiger partial charge in [0.1, 0.15) is 0 Å². The predicted octanol–water partition coefficient (Wildman–Crippen LogP) is 3.09. The van der Waals surface area contributed by atoms with E-state index >= 15 is 0 Å².